The van der Waals surface area contributed by atoms with E-state index in [1.807, 2.05) is 0 Å². The van der Waals surface area contributed by atoms with E-state index in [0.29, 0.717) is 44.9 Å². The average molecular weight is 512 g/mol. The zero-order valence-corrected chi connectivity index (χ0v) is 19.8. The van der Waals surface area contributed by atoms with Gasteiger partial charge in [-0.3, -0.25) is 24.7 Å². The summed E-state index contributed by atoms with van der Waals surface area (Å²) in [5.41, 5.74) is 4.14. The second-order valence-corrected chi connectivity index (χ2v) is 9.55. The van der Waals surface area contributed by atoms with Crippen molar-refractivity contribution >= 4 is 40.7 Å². The fourth-order valence-electron chi connectivity index (χ4n) is 5.22. The fraction of sp³-hybridized carbons (Fsp3) is 0.565. The number of aliphatic imine (C=N–C) groups is 1. The van der Waals surface area contributed by atoms with E-state index in [0.717, 1.165) is 18.9 Å². The van der Waals surface area contributed by atoms with Crippen molar-refractivity contribution in [1.82, 2.24) is 10.6 Å². The van der Waals surface area contributed by atoms with Gasteiger partial charge in [0, 0.05) is 25.1 Å². The van der Waals surface area contributed by atoms with Gasteiger partial charge in [0.1, 0.15) is 17.1 Å². The molecule has 2 aliphatic heterocycles. The molecule has 0 bridgehead atoms. The van der Waals surface area contributed by atoms with Crippen molar-refractivity contribution < 1.29 is 27.9 Å². The molecule has 35 heavy (non-hydrogen) atoms. The summed E-state index contributed by atoms with van der Waals surface area (Å²) in [6, 6.07) is 1.57. The zero-order chi connectivity index (χ0) is 25.2. The first-order chi connectivity index (χ1) is 16.7. The molecule has 190 valence electrons. The Bertz CT molecular complexity index is 1020. The predicted molar refractivity (Wildman–Crippen MR) is 125 cm³/mol. The molecule has 9 nitrogen and oxygen atoms in total. The standard InChI is InChI=1S/C23H28ClF2N5O4/c24-16-8-14(25)9-17(26)18(16)31-20(32)12-3-5-13(6-4-12)23(22(27)34)19(29-11-30-23)21(33)28-10-15-2-1-7-35-15/h8-9,12-13,15,30H,1-7,10-11H2,(H2,27,34)(H,28,33)(H,31,32). The predicted octanol–water partition coefficient (Wildman–Crippen LogP) is 1.88. The molecule has 2 heterocycles. The van der Waals surface area contributed by atoms with Crippen LogP contribution >= 0.6 is 11.6 Å². The number of anilines is 1. The Labute approximate surface area is 206 Å². The van der Waals surface area contributed by atoms with Gasteiger partial charge >= 0.3 is 0 Å². The number of hydrogen-bond acceptors (Lipinski definition) is 6. The van der Waals surface area contributed by atoms with Crippen molar-refractivity contribution in [2.45, 2.75) is 50.2 Å². The molecule has 5 N–H and O–H groups in total. The van der Waals surface area contributed by atoms with Crippen LogP contribution in [0.4, 0.5) is 14.5 Å². The van der Waals surface area contributed by atoms with Gasteiger partial charge in [0.15, 0.2) is 5.82 Å². The van der Waals surface area contributed by atoms with Crippen LogP contribution in [0.3, 0.4) is 0 Å². The molecule has 2 fully saturated rings. The van der Waals surface area contributed by atoms with Crippen LogP contribution < -0.4 is 21.7 Å². The molecule has 12 heteroatoms. The number of nitrogens with zero attached hydrogens (tertiary/aromatic N) is 1. The van der Waals surface area contributed by atoms with Crippen molar-refractivity contribution in [1.29, 1.82) is 0 Å². The maximum absolute atomic E-state index is 14.1. The highest BCUT2D eigenvalue weighted by Crippen LogP contribution is 2.39. The average Bonchev–Trinajstić information content (AvgIpc) is 3.50. The molecule has 1 aromatic rings. The Morgan fingerprint density at radius 2 is 1.94 bits per heavy atom. The van der Waals surface area contributed by atoms with Crippen LogP contribution in [-0.2, 0) is 19.1 Å². The molecule has 1 aliphatic carbocycles. The van der Waals surface area contributed by atoms with E-state index in [-0.39, 0.29) is 35.1 Å². The molecule has 0 radical (unpaired) electrons. The second kappa shape index (κ2) is 10.5. The van der Waals surface area contributed by atoms with Gasteiger partial charge in [0.05, 0.1) is 23.5 Å². The number of nitrogens with two attached hydrogens (primary N) is 1. The van der Waals surface area contributed by atoms with Gasteiger partial charge in [-0.1, -0.05) is 11.6 Å². The van der Waals surface area contributed by atoms with Crippen molar-refractivity contribution in [2.75, 3.05) is 25.1 Å². The van der Waals surface area contributed by atoms with Gasteiger partial charge in [-0.2, -0.15) is 0 Å². The highest BCUT2D eigenvalue weighted by Gasteiger charge is 2.54. The zero-order valence-electron chi connectivity index (χ0n) is 19.0. The van der Waals surface area contributed by atoms with Gasteiger partial charge in [-0.15, -0.1) is 0 Å². The van der Waals surface area contributed by atoms with Crippen LogP contribution in [0.1, 0.15) is 38.5 Å². The molecule has 3 aliphatic rings. The van der Waals surface area contributed by atoms with Crippen LogP contribution in [0.5, 0.6) is 0 Å². The number of nitrogens with one attached hydrogen (secondary N) is 3. The lowest BCUT2D eigenvalue weighted by Crippen LogP contribution is -2.66. The first-order valence-corrected chi connectivity index (χ1v) is 12.0. The molecule has 3 amide bonds. The summed E-state index contributed by atoms with van der Waals surface area (Å²) >= 11 is 5.88. The van der Waals surface area contributed by atoms with E-state index in [2.05, 4.69) is 20.9 Å². The van der Waals surface area contributed by atoms with E-state index in [4.69, 9.17) is 22.1 Å². The summed E-state index contributed by atoms with van der Waals surface area (Å²) in [5.74, 6) is -4.26. The molecule has 4 rings (SSSR count). The molecule has 1 saturated carbocycles. The summed E-state index contributed by atoms with van der Waals surface area (Å²) < 4.78 is 32.9. The summed E-state index contributed by atoms with van der Waals surface area (Å²) in [7, 11) is 0. The smallest absolute Gasteiger partial charge is 0.267 e. The highest BCUT2D eigenvalue weighted by molar-refractivity contribution is 6.47. The van der Waals surface area contributed by atoms with Crippen LogP contribution in [-0.4, -0.2) is 54.9 Å². The Balaban J connectivity index is 1.40. The molecule has 2 atom stereocenters. The number of benzene rings is 1. The van der Waals surface area contributed by atoms with Crippen molar-refractivity contribution in [2.24, 2.45) is 22.6 Å². The first-order valence-electron chi connectivity index (χ1n) is 11.7. The fourth-order valence-corrected chi connectivity index (χ4v) is 5.46. The number of carbonyl (C=O) groups is 3. The number of carbonyl (C=O) groups excluding carboxylic acids is 3. The van der Waals surface area contributed by atoms with Crippen LogP contribution in [0.15, 0.2) is 17.1 Å². The lowest BCUT2D eigenvalue weighted by atomic mass is 9.69. The summed E-state index contributed by atoms with van der Waals surface area (Å²) in [6.07, 6.45) is 3.29. The van der Waals surface area contributed by atoms with E-state index in [1.165, 1.54) is 0 Å². The molecule has 0 spiro atoms. The number of rotatable bonds is 7. The quantitative estimate of drug-likeness (QED) is 0.443. The summed E-state index contributed by atoms with van der Waals surface area (Å²) in [4.78, 5) is 42.6. The van der Waals surface area contributed by atoms with E-state index < -0.39 is 40.8 Å². The minimum Gasteiger partial charge on any atom is -0.376 e. The normalized spacial score (nSPS) is 28.4. The molecule has 1 aromatic carbocycles. The first kappa shape index (κ1) is 25.5. The molecule has 2 unspecified atom stereocenters. The SMILES string of the molecule is NC(=O)C1(C2CCC(C(=O)Nc3c(F)cc(F)cc3Cl)CC2)NCN=C1C(=O)NCC1CCCO1. The minimum absolute atomic E-state index is 0.0519. The van der Waals surface area contributed by atoms with Gasteiger partial charge in [-0.05, 0) is 50.5 Å². The number of hydrogen-bond donors (Lipinski definition) is 4. The maximum Gasteiger partial charge on any atom is 0.267 e. The Morgan fingerprint density at radius 1 is 1.20 bits per heavy atom. The Morgan fingerprint density at radius 3 is 2.57 bits per heavy atom. The number of ether oxygens (including phenoxy) is 1. The second-order valence-electron chi connectivity index (χ2n) is 9.14. The third-order valence-corrected chi connectivity index (χ3v) is 7.35. The van der Waals surface area contributed by atoms with Crippen LogP contribution in [0.2, 0.25) is 5.02 Å². The number of amides is 3. The van der Waals surface area contributed by atoms with Crippen LogP contribution in [0.25, 0.3) is 0 Å². The van der Waals surface area contributed by atoms with Gasteiger partial charge < -0.3 is 21.1 Å². The lowest BCUT2D eigenvalue weighted by Gasteiger charge is -2.39. The maximum atomic E-state index is 14.1. The number of halogens is 3. The highest BCUT2D eigenvalue weighted by atomic mass is 35.5. The van der Waals surface area contributed by atoms with Gasteiger partial charge in [0.2, 0.25) is 11.8 Å². The third kappa shape index (κ3) is 5.17. The van der Waals surface area contributed by atoms with E-state index in [1.54, 1.807) is 0 Å². The monoisotopic (exact) mass is 511 g/mol. The molecular weight excluding hydrogens is 484 g/mol. The topological polar surface area (TPSA) is 135 Å². The van der Waals surface area contributed by atoms with E-state index in [9.17, 15) is 23.2 Å². The largest absolute Gasteiger partial charge is 0.376 e. The Hall–Kier alpha value is -2.63. The molecule has 0 aromatic heterocycles. The van der Waals surface area contributed by atoms with Gasteiger partial charge in [0.25, 0.3) is 5.91 Å². The third-order valence-electron chi connectivity index (χ3n) is 7.05. The number of primary amides is 1. The summed E-state index contributed by atoms with van der Waals surface area (Å²) in [6.45, 7) is 1.06. The van der Waals surface area contributed by atoms with Crippen molar-refractivity contribution in [3.05, 3.63) is 28.8 Å². The Kier molecular flexibility index (Phi) is 7.67. The molecule has 1 saturated heterocycles. The minimum atomic E-state index is -1.44. The van der Waals surface area contributed by atoms with Crippen molar-refractivity contribution in [3.63, 3.8) is 0 Å². The van der Waals surface area contributed by atoms with E-state index >= 15 is 0 Å². The lowest BCUT2D eigenvalue weighted by molar-refractivity contribution is -0.126. The van der Waals surface area contributed by atoms with Gasteiger partial charge in [-0.25, -0.2) is 8.78 Å². The summed E-state index contributed by atoms with van der Waals surface area (Å²) in [5, 5.41) is 8.04. The van der Waals surface area contributed by atoms with Crippen LogP contribution in [0, 0.1) is 23.5 Å². The molecular formula is C23H28ClF2N5O4. The van der Waals surface area contributed by atoms with Crippen molar-refractivity contribution in [3.8, 4) is 0 Å².